The van der Waals surface area contributed by atoms with E-state index in [1.165, 1.54) is 0 Å². The Hall–Kier alpha value is -3.59. The highest BCUT2D eigenvalue weighted by atomic mass is 16.5. The summed E-state index contributed by atoms with van der Waals surface area (Å²) >= 11 is 0. The lowest BCUT2D eigenvalue weighted by Gasteiger charge is -2.26. The van der Waals surface area contributed by atoms with E-state index in [9.17, 15) is 19.6 Å². The molecule has 2 aromatic carbocycles. The Morgan fingerprint density at radius 3 is 2.06 bits per heavy atom. The van der Waals surface area contributed by atoms with Crippen molar-refractivity contribution in [3.63, 3.8) is 0 Å². The topological polar surface area (TPSA) is 108 Å². The molecule has 0 radical (unpaired) electrons. The summed E-state index contributed by atoms with van der Waals surface area (Å²) in [5.41, 5.74) is 0.944. The summed E-state index contributed by atoms with van der Waals surface area (Å²) in [5, 5.41) is 12.9. The maximum Gasteiger partial charge on any atom is 0.325 e. The summed E-state index contributed by atoms with van der Waals surface area (Å²) in [4.78, 5) is 36.5. The van der Waals surface area contributed by atoms with Gasteiger partial charge in [0.05, 0.1) is 13.7 Å². The Bertz CT molecular complexity index is 943. The number of hydroxylamine groups is 2. The molecule has 1 fully saturated rings. The fourth-order valence-corrected chi connectivity index (χ4v) is 3.21. The van der Waals surface area contributed by atoms with Crippen LogP contribution in [0.4, 0.5) is 4.79 Å². The molecule has 164 valence electrons. The number of hydrogen-bond donors (Lipinski definition) is 2. The minimum Gasteiger partial charge on any atom is -0.497 e. The second-order valence-corrected chi connectivity index (χ2v) is 7.67. The van der Waals surface area contributed by atoms with E-state index in [0.717, 1.165) is 21.8 Å². The largest absolute Gasteiger partial charge is 0.497 e. The molecule has 2 N–H and O–H groups in total. The van der Waals surface area contributed by atoms with Crippen LogP contribution in [-0.2, 0) is 9.59 Å². The molecule has 1 atom stereocenters. The van der Waals surface area contributed by atoms with Gasteiger partial charge in [-0.1, -0.05) is 24.3 Å². The quantitative estimate of drug-likeness (QED) is 0.275. The SMILES string of the molecule is COc1ccc(-c2ccc(OC[C@H](CN3C(=O)NC(C)(C)C3=O)N(O)C=O)cc2)cc1. The van der Waals surface area contributed by atoms with E-state index >= 15 is 0 Å². The van der Waals surface area contributed by atoms with Crippen molar-refractivity contribution in [2.24, 2.45) is 0 Å². The van der Waals surface area contributed by atoms with Crippen LogP contribution in [0.3, 0.4) is 0 Å². The molecule has 4 amide bonds. The predicted molar refractivity (Wildman–Crippen MR) is 112 cm³/mol. The Morgan fingerprint density at radius 1 is 1.06 bits per heavy atom. The molecular weight excluding hydrogens is 402 g/mol. The van der Waals surface area contributed by atoms with Crippen molar-refractivity contribution in [3.8, 4) is 22.6 Å². The van der Waals surface area contributed by atoms with Crippen molar-refractivity contribution in [2.45, 2.75) is 25.4 Å². The number of ether oxygens (including phenoxy) is 2. The second kappa shape index (κ2) is 9.05. The number of carbonyl (C=O) groups is 3. The van der Waals surface area contributed by atoms with E-state index in [1.807, 2.05) is 36.4 Å². The van der Waals surface area contributed by atoms with Crippen LogP contribution >= 0.6 is 0 Å². The van der Waals surface area contributed by atoms with Gasteiger partial charge in [0, 0.05) is 0 Å². The van der Waals surface area contributed by atoms with Crippen molar-refractivity contribution in [2.75, 3.05) is 20.3 Å². The molecule has 9 nitrogen and oxygen atoms in total. The zero-order valence-electron chi connectivity index (χ0n) is 17.6. The number of nitrogens with zero attached hydrogens (tertiary/aromatic N) is 2. The average Bonchev–Trinajstić information content (AvgIpc) is 2.97. The summed E-state index contributed by atoms with van der Waals surface area (Å²) < 4.78 is 10.9. The van der Waals surface area contributed by atoms with E-state index in [4.69, 9.17) is 9.47 Å². The van der Waals surface area contributed by atoms with Crippen molar-refractivity contribution < 1.29 is 29.1 Å². The summed E-state index contributed by atoms with van der Waals surface area (Å²) in [5.74, 6) is 0.844. The van der Waals surface area contributed by atoms with Crippen LogP contribution in [-0.4, -0.2) is 65.4 Å². The van der Waals surface area contributed by atoms with Gasteiger partial charge in [-0.25, -0.2) is 9.86 Å². The molecule has 3 rings (SSSR count). The number of amides is 4. The number of imide groups is 1. The molecule has 9 heteroatoms. The normalized spacial score (nSPS) is 15.9. The third-order valence-corrected chi connectivity index (χ3v) is 5.04. The van der Waals surface area contributed by atoms with Crippen molar-refractivity contribution in [3.05, 3.63) is 48.5 Å². The maximum absolute atomic E-state index is 12.4. The van der Waals surface area contributed by atoms with E-state index < -0.39 is 23.5 Å². The highest BCUT2D eigenvalue weighted by Crippen LogP contribution is 2.25. The lowest BCUT2D eigenvalue weighted by Crippen LogP contribution is -2.48. The van der Waals surface area contributed by atoms with Crippen LogP contribution in [0.1, 0.15) is 13.8 Å². The van der Waals surface area contributed by atoms with Crippen LogP contribution in [0, 0.1) is 0 Å². The first kappa shape index (κ1) is 22.1. The third-order valence-electron chi connectivity index (χ3n) is 5.04. The summed E-state index contributed by atoms with van der Waals surface area (Å²) in [6, 6.07) is 13.4. The number of methoxy groups -OCH3 is 1. The van der Waals surface area contributed by atoms with Crippen LogP contribution in [0.15, 0.2) is 48.5 Å². The molecule has 0 unspecified atom stereocenters. The van der Waals surface area contributed by atoms with Crippen LogP contribution in [0.25, 0.3) is 11.1 Å². The molecule has 0 aliphatic carbocycles. The Kier molecular flexibility index (Phi) is 6.45. The van der Waals surface area contributed by atoms with Gasteiger partial charge in [-0.2, -0.15) is 0 Å². The zero-order chi connectivity index (χ0) is 22.6. The van der Waals surface area contributed by atoms with Gasteiger partial charge >= 0.3 is 6.03 Å². The average molecular weight is 427 g/mol. The Balaban J connectivity index is 1.65. The number of benzene rings is 2. The summed E-state index contributed by atoms with van der Waals surface area (Å²) in [6.45, 7) is 2.85. The Labute approximate surface area is 180 Å². The lowest BCUT2D eigenvalue weighted by atomic mass is 10.1. The van der Waals surface area contributed by atoms with Gasteiger partial charge in [0.1, 0.15) is 29.7 Å². The molecular formula is C22H25N3O6. The molecule has 0 aromatic heterocycles. The van der Waals surface area contributed by atoms with Gasteiger partial charge in [0.2, 0.25) is 6.41 Å². The molecule has 1 aliphatic rings. The molecule has 0 bridgehead atoms. The van der Waals surface area contributed by atoms with E-state index in [2.05, 4.69) is 5.32 Å². The van der Waals surface area contributed by atoms with Crippen molar-refractivity contribution in [1.29, 1.82) is 0 Å². The number of carbonyl (C=O) groups excluding carboxylic acids is 3. The number of hydrogen-bond acceptors (Lipinski definition) is 6. The number of rotatable bonds is 9. The molecule has 0 spiro atoms. The molecule has 1 aliphatic heterocycles. The van der Waals surface area contributed by atoms with Gasteiger partial charge in [-0.05, 0) is 49.2 Å². The standard InChI is InChI=1S/C22H25N3O6/c1-22(2)20(27)24(21(28)23-22)12-17(25(29)14-26)13-31-19-10-6-16(7-11-19)15-4-8-18(30-3)9-5-15/h4-11,14,17,29H,12-13H2,1-3H3,(H,23,28)/t17-/m0/s1. The highest BCUT2D eigenvalue weighted by Gasteiger charge is 2.45. The number of nitrogens with one attached hydrogen (secondary N) is 1. The minimum absolute atomic E-state index is 0.116. The van der Waals surface area contributed by atoms with Gasteiger partial charge in [-0.15, -0.1) is 0 Å². The lowest BCUT2D eigenvalue weighted by molar-refractivity contribution is -0.165. The van der Waals surface area contributed by atoms with Gasteiger partial charge in [-0.3, -0.25) is 19.7 Å². The molecule has 1 heterocycles. The summed E-state index contributed by atoms with van der Waals surface area (Å²) in [7, 11) is 1.61. The molecule has 2 aromatic rings. The van der Waals surface area contributed by atoms with E-state index in [0.29, 0.717) is 10.8 Å². The summed E-state index contributed by atoms with van der Waals surface area (Å²) in [6.07, 6.45) is 0.213. The first-order chi connectivity index (χ1) is 14.7. The van der Waals surface area contributed by atoms with Crippen LogP contribution < -0.4 is 14.8 Å². The van der Waals surface area contributed by atoms with Gasteiger partial charge in [0.15, 0.2) is 0 Å². The smallest absolute Gasteiger partial charge is 0.325 e. The highest BCUT2D eigenvalue weighted by molar-refractivity contribution is 6.06. The fraction of sp³-hybridized carbons (Fsp3) is 0.318. The number of urea groups is 1. The van der Waals surface area contributed by atoms with Crippen molar-refractivity contribution >= 4 is 18.3 Å². The van der Waals surface area contributed by atoms with Crippen LogP contribution in [0.5, 0.6) is 11.5 Å². The molecule has 31 heavy (non-hydrogen) atoms. The first-order valence-corrected chi connectivity index (χ1v) is 9.69. The second-order valence-electron chi connectivity index (χ2n) is 7.67. The van der Waals surface area contributed by atoms with Gasteiger partial charge in [0.25, 0.3) is 5.91 Å². The fourth-order valence-electron chi connectivity index (χ4n) is 3.21. The first-order valence-electron chi connectivity index (χ1n) is 9.69. The predicted octanol–water partition coefficient (Wildman–Crippen LogP) is 2.29. The van der Waals surface area contributed by atoms with E-state index in [1.54, 1.807) is 33.1 Å². The van der Waals surface area contributed by atoms with E-state index in [-0.39, 0.29) is 19.6 Å². The van der Waals surface area contributed by atoms with Crippen molar-refractivity contribution in [1.82, 2.24) is 15.3 Å². The van der Waals surface area contributed by atoms with Crippen LogP contribution in [0.2, 0.25) is 0 Å². The molecule has 1 saturated heterocycles. The Morgan fingerprint density at radius 2 is 1.61 bits per heavy atom. The van der Waals surface area contributed by atoms with Gasteiger partial charge < -0.3 is 14.8 Å². The maximum atomic E-state index is 12.4. The third kappa shape index (κ3) is 4.95. The minimum atomic E-state index is -1.04. The zero-order valence-corrected chi connectivity index (χ0v) is 17.6. The monoisotopic (exact) mass is 427 g/mol. The molecule has 0 saturated carbocycles.